The maximum atomic E-state index is 12.4. The van der Waals surface area contributed by atoms with Gasteiger partial charge in [0.2, 0.25) is 0 Å². The number of rotatable bonds is 5. The second-order valence-electron chi connectivity index (χ2n) is 6.74. The Hall–Kier alpha value is -3.40. The Kier molecular flexibility index (Phi) is 5.90. The summed E-state index contributed by atoms with van der Waals surface area (Å²) >= 11 is 0. The second kappa shape index (κ2) is 8.53. The van der Waals surface area contributed by atoms with Gasteiger partial charge >= 0.3 is 5.97 Å². The first-order valence-electron chi connectivity index (χ1n) is 9.26. The summed E-state index contributed by atoms with van der Waals surface area (Å²) in [6.07, 6.45) is 0.918. The van der Waals surface area contributed by atoms with Gasteiger partial charge in [-0.2, -0.15) is 0 Å². The molecule has 4 heteroatoms. The van der Waals surface area contributed by atoms with Crippen LogP contribution < -0.4 is 10.1 Å². The number of carbonyl (C=O) groups is 2. The SMILES string of the molecule is CCc1ccc(C(=O)Oc2ccc(C(=O)Nc3ccc(C)cc3C)cc2)cc1. The number of aryl methyl sites for hydroxylation is 3. The molecule has 4 nitrogen and oxygen atoms in total. The van der Waals surface area contributed by atoms with Gasteiger partial charge in [-0.05, 0) is 73.9 Å². The van der Waals surface area contributed by atoms with Gasteiger partial charge in [-0.15, -0.1) is 0 Å². The lowest BCUT2D eigenvalue weighted by atomic mass is 10.1. The molecule has 0 unspecified atom stereocenters. The molecule has 0 saturated carbocycles. The maximum Gasteiger partial charge on any atom is 0.343 e. The van der Waals surface area contributed by atoms with Crippen LogP contribution in [0.4, 0.5) is 5.69 Å². The van der Waals surface area contributed by atoms with Gasteiger partial charge < -0.3 is 10.1 Å². The van der Waals surface area contributed by atoms with Crippen molar-refractivity contribution in [2.75, 3.05) is 5.32 Å². The van der Waals surface area contributed by atoms with E-state index in [1.165, 1.54) is 0 Å². The standard InChI is InChI=1S/C24H23NO3/c1-4-18-6-8-20(9-7-18)24(27)28-21-12-10-19(11-13-21)23(26)25-22-14-5-16(2)15-17(22)3/h5-15H,4H2,1-3H3,(H,25,26). The molecule has 28 heavy (non-hydrogen) atoms. The Balaban J connectivity index is 1.65. The zero-order chi connectivity index (χ0) is 20.1. The Morgan fingerprint density at radius 2 is 1.50 bits per heavy atom. The molecule has 0 radical (unpaired) electrons. The molecule has 0 aromatic heterocycles. The van der Waals surface area contributed by atoms with Crippen molar-refractivity contribution in [2.24, 2.45) is 0 Å². The first-order chi connectivity index (χ1) is 13.5. The quantitative estimate of drug-likeness (QED) is 0.485. The highest BCUT2D eigenvalue weighted by atomic mass is 16.5. The van der Waals surface area contributed by atoms with Crippen LogP contribution >= 0.6 is 0 Å². The van der Waals surface area contributed by atoms with Gasteiger partial charge in [-0.1, -0.05) is 36.8 Å². The highest BCUT2D eigenvalue weighted by Crippen LogP contribution is 2.19. The fourth-order valence-electron chi connectivity index (χ4n) is 2.87. The summed E-state index contributed by atoms with van der Waals surface area (Å²) in [4.78, 5) is 24.7. The molecule has 0 bridgehead atoms. The first kappa shape index (κ1) is 19.4. The predicted octanol–water partition coefficient (Wildman–Crippen LogP) is 5.34. The van der Waals surface area contributed by atoms with E-state index in [2.05, 4.69) is 12.2 Å². The number of amides is 1. The number of anilines is 1. The zero-order valence-electron chi connectivity index (χ0n) is 16.3. The molecule has 3 aromatic carbocycles. The third-order valence-corrected chi connectivity index (χ3v) is 4.56. The molecule has 0 saturated heterocycles. The lowest BCUT2D eigenvalue weighted by molar-refractivity contribution is 0.0734. The van der Waals surface area contributed by atoms with Gasteiger partial charge in [-0.3, -0.25) is 4.79 Å². The monoisotopic (exact) mass is 373 g/mol. The van der Waals surface area contributed by atoms with Crippen molar-refractivity contribution in [1.82, 2.24) is 0 Å². The minimum absolute atomic E-state index is 0.208. The molecule has 0 aliphatic heterocycles. The van der Waals surface area contributed by atoms with Crippen LogP contribution in [0, 0.1) is 13.8 Å². The fraction of sp³-hybridized carbons (Fsp3) is 0.167. The third-order valence-electron chi connectivity index (χ3n) is 4.56. The van der Waals surface area contributed by atoms with E-state index in [0.717, 1.165) is 28.8 Å². The van der Waals surface area contributed by atoms with E-state index in [-0.39, 0.29) is 5.91 Å². The van der Waals surface area contributed by atoms with Crippen LogP contribution in [0.2, 0.25) is 0 Å². The van der Waals surface area contributed by atoms with Crippen molar-refractivity contribution in [2.45, 2.75) is 27.2 Å². The molecule has 0 spiro atoms. The average molecular weight is 373 g/mol. The summed E-state index contributed by atoms with van der Waals surface area (Å²) in [5, 5.41) is 2.90. The fourth-order valence-corrected chi connectivity index (χ4v) is 2.87. The minimum Gasteiger partial charge on any atom is -0.423 e. The Bertz CT molecular complexity index is 989. The van der Waals surface area contributed by atoms with Gasteiger partial charge in [0.1, 0.15) is 5.75 Å². The largest absolute Gasteiger partial charge is 0.423 e. The molecule has 0 atom stereocenters. The van der Waals surface area contributed by atoms with Crippen LogP contribution in [0.3, 0.4) is 0 Å². The van der Waals surface area contributed by atoms with Crippen molar-refractivity contribution < 1.29 is 14.3 Å². The summed E-state index contributed by atoms with van der Waals surface area (Å²) in [6.45, 7) is 6.03. The summed E-state index contributed by atoms with van der Waals surface area (Å²) < 4.78 is 5.39. The molecule has 1 amide bonds. The maximum absolute atomic E-state index is 12.4. The van der Waals surface area contributed by atoms with E-state index < -0.39 is 5.97 Å². The normalized spacial score (nSPS) is 10.4. The van der Waals surface area contributed by atoms with Crippen molar-refractivity contribution in [3.05, 3.63) is 94.5 Å². The van der Waals surface area contributed by atoms with Gasteiger partial charge in [0.25, 0.3) is 5.91 Å². The Morgan fingerprint density at radius 3 is 2.11 bits per heavy atom. The molecule has 0 fully saturated rings. The minimum atomic E-state index is -0.421. The molecule has 0 aliphatic rings. The van der Waals surface area contributed by atoms with Gasteiger partial charge in [0.15, 0.2) is 0 Å². The summed E-state index contributed by atoms with van der Waals surface area (Å²) in [6, 6.07) is 19.7. The molecule has 0 aliphatic carbocycles. The van der Waals surface area contributed by atoms with E-state index in [1.54, 1.807) is 36.4 Å². The smallest absolute Gasteiger partial charge is 0.343 e. The van der Waals surface area contributed by atoms with E-state index in [9.17, 15) is 9.59 Å². The Labute approximate surface area is 165 Å². The van der Waals surface area contributed by atoms with Crippen molar-refractivity contribution in [1.29, 1.82) is 0 Å². The zero-order valence-corrected chi connectivity index (χ0v) is 16.3. The van der Waals surface area contributed by atoms with E-state index >= 15 is 0 Å². The number of hydrogen-bond donors (Lipinski definition) is 1. The molecular weight excluding hydrogens is 350 g/mol. The number of ether oxygens (including phenoxy) is 1. The lowest BCUT2D eigenvalue weighted by Gasteiger charge is -2.10. The summed E-state index contributed by atoms with van der Waals surface area (Å²) in [7, 11) is 0. The van der Waals surface area contributed by atoms with Gasteiger partial charge in [-0.25, -0.2) is 4.79 Å². The molecular formula is C24H23NO3. The first-order valence-corrected chi connectivity index (χ1v) is 9.26. The van der Waals surface area contributed by atoms with Crippen LogP contribution in [-0.4, -0.2) is 11.9 Å². The van der Waals surface area contributed by atoms with Crippen LogP contribution in [-0.2, 0) is 6.42 Å². The Morgan fingerprint density at radius 1 is 0.857 bits per heavy atom. The highest BCUT2D eigenvalue weighted by molar-refractivity contribution is 6.04. The molecule has 0 heterocycles. The molecule has 1 N–H and O–H groups in total. The number of hydrogen-bond acceptors (Lipinski definition) is 3. The van der Waals surface area contributed by atoms with Crippen LogP contribution in [0.15, 0.2) is 66.7 Å². The number of benzene rings is 3. The molecule has 3 aromatic rings. The van der Waals surface area contributed by atoms with Crippen LogP contribution in [0.5, 0.6) is 5.75 Å². The second-order valence-corrected chi connectivity index (χ2v) is 6.74. The van der Waals surface area contributed by atoms with E-state index in [4.69, 9.17) is 4.74 Å². The summed E-state index contributed by atoms with van der Waals surface area (Å²) in [5.41, 5.74) is 5.08. The summed E-state index contributed by atoms with van der Waals surface area (Å²) in [5.74, 6) is -0.234. The number of carbonyl (C=O) groups excluding carboxylic acids is 2. The third kappa shape index (κ3) is 4.65. The predicted molar refractivity (Wildman–Crippen MR) is 111 cm³/mol. The van der Waals surface area contributed by atoms with E-state index in [0.29, 0.717) is 16.9 Å². The van der Waals surface area contributed by atoms with Gasteiger partial charge in [0.05, 0.1) is 5.56 Å². The highest BCUT2D eigenvalue weighted by Gasteiger charge is 2.11. The number of nitrogens with one attached hydrogen (secondary N) is 1. The van der Waals surface area contributed by atoms with Crippen molar-refractivity contribution in [3.63, 3.8) is 0 Å². The number of esters is 1. The molecule has 142 valence electrons. The van der Waals surface area contributed by atoms with Crippen LogP contribution in [0.25, 0.3) is 0 Å². The van der Waals surface area contributed by atoms with Gasteiger partial charge in [0, 0.05) is 11.3 Å². The average Bonchev–Trinajstić information content (AvgIpc) is 2.70. The van der Waals surface area contributed by atoms with Crippen molar-refractivity contribution in [3.8, 4) is 5.75 Å². The van der Waals surface area contributed by atoms with Crippen LogP contribution in [0.1, 0.15) is 44.3 Å². The molecule has 3 rings (SSSR count). The topological polar surface area (TPSA) is 55.4 Å². The lowest BCUT2D eigenvalue weighted by Crippen LogP contribution is -2.13. The van der Waals surface area contributed by atoms with E-state index in [1.807, 2.05) is 44.2 Å². The van der Waals surface area contributed by atoms with Crippen molar-refractivity contribution >= 4 is 17.6 Å².